The van der Waals surface area contributed by atoms with Crippen LogP contribution in [-0.2, 0) is 0 Å². The maximum absolute atomic E-state index is 2.76. The van der Waals surface area contributed by atoms with Gasteiger partial charge in [0.25, 0.3) is 0 Å². The highest BCUT2D eigenvalue weighted by Gasteiger charge is 2.41. The van der Waals surface area contributed by atoms with E-state index in [1.165, 1.54) is 86.4 Å². The van der Waals surface area contributed by atoms with Crippen LogP contribution in [0.3, 0.4) is 0 Å². The first-order chi connectivity index (χ1) is 35.3. The predicted molar refractivity (Wildman–Crippen MR) is 305 cm³/mol. The molecule has 12 aromatic carbocycles. The Kier molecular flexibility index (Phi) is 10.6. The normalized spacial score (nSPS) is 11.7. The fourth-order valence-corrected chi connectivity index (χ4v) is 16.1. The van der Waals surface area contributed by atoms with Gasteiger partial charge in [-0.05, 0) is 102 Å². The number of rotatable bonds is 10. The molecular formula is C68H48N2Si. The van der Waals surface area contributed by atoms with Crippen molar-refractivity contribution in [3.8, 4) is 27.9 Å². The number of benzene rings is 12. The summed E-state index contributed by atoms with van der Waals surface area (Å²) in [7, 11) is -2.76. The van der Waals surface area contributed by atoms with Crippen LogP contribution in [0.1, 0.15) is 0 Å². The largest absolute Gasteiger partial charge is 0.309 e. The van der Waals surface area contributed by atoms with Crippen molar-refractivity contribution in [1.29, 1.82) is 0 Å². The van der Waals surface area contributed by atoms with Gasteiger partial charge in [0.2, 0.25) is 0 Å². The molecule has 71 heavy (non-hydrogen) atoms. The second-order valence-electron chi connectivity index (χ2n) is 18.4. The molecule has 0 aliphatic rings. The van der Waals surface area contributed by atoms with Gasteiger partial charge < -0.3 is 9.47 Å². The van der Waals surface area contributed by atoms with E-state index in [4.69, 9.17) is 0 Å². The first-order valence-electron chi connectivity index (χ1n) is 24.5. The average Bonchev–Trinajstić information content (AvgIpc) is 3.79. The summed E-state index contributed by atoms with van der Waals surface area (Å²) in [5, 5.41) is 12.7. The summed E-state index contributed by atoms with van der Waals surface area (Å²) in [4.78, 5) is 2.50. The minimum Gasteiger partial charge on any atom is -0.309 e. The smallest absolute Gasteiger partial charge is 0.179 e. The van der Waals surface area contributed by atoms with Crippen LogP contribution in [0.25, 0.3) is 71.3 Å². The van der Waals surface area contributed by atoms with Gasteiger partial charge in [-0.2, -0.15) is 0 Å². The molecule has 0 bridgehead atoms. The molecule has 0 N–H and O–H groups in total. The number of para-hydroxylation sites is 2. The molecule has 1 aromatic heterocycles. The van der Waals surface area contributed by atoms with Crippen LogP contribution >= 0.6 is 0 Å². The van der Waals surface area contributed by atoms with Gasteiger partial charge in [-0.25, -0.2) is 0 Å². The van der Waals surface area contributed by atoms with Crippen molar-refractivity contribution in [1.82, 2.24) is 4.57 Å². The van der Waals surface area contributed by atoms with Crippen molar-refractivity contribution in [3.63, 3.8) is 0 Å². The third-order valence-electron chi connectivity index (χ3n) is 14.5. The van der Waals surface area contributed by atoms with Crippen LogP contribution in [-0.4, -0.2) is 12.6 Å². The molecular weight excluding hydrogens is 873 g/mol. The van der Waals surface area contributed by atoms with Gasteiger partial charge in [-0.3, -0.25) is 0 Å². The average molecular weight is 921 g/mol. The van der Waals surface area contributed by atoms with Gasteiger partial charge in [-0.15, -0.1) is 0 Å². The molecule has 0 aliphatic carbocycles. The summed E-state index contributed by atoms with van der Waals surface area (Å²) in [6.07, 6.45) is 0. The molecule has 0 fully saturated rings. The zero-order valence-electron chi connectivity index (χ0n) is 39.1. The lowest BCUT2D eigenvalue weighted by atomic mass is 9.89. The van der Waals surface area contributed by atoms with Crippen molar-refractivity contribution in [2.75, 3.05) is 4.90 Å². The fourth-order valence-electron chi connectivity index (χ4n) is 11.4. The molecule has 13 rings (SSSR count). The third kappa shape index (κ3) is 7.09. The van der Waals surface area contributed by atoms with E-state index < -0.39 is 8.07 Å². The van der Waals surface area contributed by atoms with Crippen molar-refractivity contribution in [3.05, 3.63) is 291 Å². The zero-order chi connectivity index (χ0) is 47.1. The summed E-state index contributed by atoms with van der Waals surface area (Å²) in [6.45, 7) is 0. The fraction of sp³-hybridized carbons (Fsp3) is 0. The van der Waals surface area contributed by atoms with Gasteiger partial charge >= 0.3 is 0 Å². The minimum absolute atomic E-state index is 1.09. The maximum atomic E-state index is 2.50. The monoisotopic (exact) mass is 920 g/mol. The van der Waals surface area contributed by atoms with Crippen molar-refractivity contribution >= 4 is 89.2 Å². The van der Waals surface area contributed by atoms with E-state index in [9.17, 15) is 0 Å². The number of aromatic nitrogens is 1. The molecule has 0 unspecified atom stereocenters. The van der Waals surface area contributed by atoms with Crippen molar-refractivity contribution in [2.45, 2.75) is 0 Å². The summed E-state index contributed by atoms with van der Waals surface area (Å²) in [6, 6.07) is 108. The lowest BCUT2D eigenvalue weighted by Gasteiger charge is -2.35. The first-order valence-corrected chi connectivity index (χ1v) is 26.5. The Bertz CT molecular complexity index is 3790. The molecule has 0 atom stereocenters. The number of nitrogens with zero attached hydrogens (tertiary/aromatic N) is 2. The van der Waals surface area contributed by atoms with Gasteiger partial charge in [0.15, 0.2) is 8.07 Å². The highest BCUT2D eigenvalue weighted by Crippen LogP contribution is 2.48. The van der Waals surface area contributed by atoms with Crippen LogP contribution < -0.4 is 25.6 Å². The lowest BCUT2D eigenvalue weighted by Crippen LogP contribution is -2.74. The Morgan fingerprint density at radius 3 is 1.06 bits per heavy atom. The Morgan fingerprint density at radius 1 is 0.254 bits per heavy atom. The Hall–Kier alpha value is -9.02. The molecule has 0 saturated carbocycles. The third-order valence-corrected chi connectivity index (χ3v) is 19.3. The minimum atomic E-state index is -2.76. The first kappa shape index (κ1) is 42.1. The molecule has 0 spiro atoms. The SMILES string of the molecule is c1ccc(-c2ccc(N(c3ccc([Si](c4ccccc4)(c4ccccc4)c4ccccc4)cc3)c3c4ccccc4c(-c4ccc(-n5c6ccccc6c6ccccc65)cc4)c4ccccc34)cc2)cc1. The van der Waals surface area contributed by atoms with E-state index in [1.807, 2.05) is 0 Å². The summed E-state index contributed by atoms with van der Waals surface area (Å²) >= 11 is 0. The van der Waals surface area contributed by atoms with E-state index in [2.05, 4.69) is 301 Å². The second-order valence-corrected chi connectivity index (χ2v) is 22.2. The van der Waals surface area contributed by atoms with E-state index in [1.54, 1.807) is 0 Å². The Labute approximate surface area is 415 Å². The second kappa shape index (κ2) is 17.8. The number of anilines is 3. The van der Waals surface area contributed by atoms with E-state index >= 15 is 0 Å². The van der Waals surface area contributed by atoms with E-state index in [0.717, 1.165) is 22.7 Å². The summed E-state index contributed by atoms with van der Waals surface area (Å²) < 4.78 is 2.39. The number of hydrogen-bond donors (Lipinski definition) is 0. The highest BCUT2D eigenvalue weighted by atomic mass is 28.3. The molecule has 13 aromatic rings. The highest BCUT2D eigenvalue weighted by molar-refractivity contribution is 7.19. The zero-order valence-corrected chi connectivity index (χ0v) is 40.1. The molecule has 0 saturated heterocycles. The lowest BCUT2D eigenvalue weighted by molar-refractivity contribution is 1.18. The van der Waals surface area contributed by atoms with Gasteiger partial charge in [-0.1, -0.05) is 243 Å². The molecule has 0 amide bonds. The standard InChI is InChI=1S/C68H48N2Si/c1-5-21-49(22-6-1)50-37-41-52(42-38-50)69(53-45-47-58(48-46-53)71(55-23-7-2-8-24-55,56-25-9-3-10-26-56)57-27-11-4-12-28-57)68-63-33-15-13-31-61(63)67(62-32-14-16-34-64(62)68)51-39-43-54(44-40-51)70-65-35-19-17-29-59(65)60-30-18-20-36-66(60)70/h1-48H. The number of fused-ring (bicyclic) bond motifs is 5. The quantitative estimate of drug-likeness (QED) is 0.0754. The molecule has 0 radical (unpaired) electrons. The number of hydrogen-bond acceptors (Lipinski definition) is 1. The summed E-state index contributed by atoms with van der Waals surface area (Å²) in [5.41, 5.74) is 11.7. The van der Waals surface area contributed by atoms with Gasteiger partial charge in [0.1, 0.15) is 0 Å². The molecule has 334 valence electrons. The van der Waals surface area contributed by atoms with Crippen LogP contribution in [0.15, 0.2) is 291 Å². The van der Waals surface area contributed by atoms with Crippen LogP contribution in [0.2, 0.25) is 0 Å². The summed E-state index contributed by atoms with van der Waals surface area (Å²) in [5.74, 6) is 0. The molecule has 3 heteroatoms. The maximum Gasteiger partial charge on any atom is 0.179 e. The van der Waals surface area contributed by atoms with Crippen molar-refractivity contribution < 1.29 is 0 Å². The van der Waals surface area contributed by atoms with Gasteiger partial charge in [0, 0.05) is 38.6 Å². The van der Waals surface area contributed by atoms with Crippen LogP contribution in [0.4, 0.5) is 17.1 Å². The predicted octanol–water partition coefficient (Wildman–Crippen LogP) is 15.3. The van der Waals surface area contributed by atoms with E-state index in [0.29, 0.717) is 0 Å². The molecule has 2 nitrogen and oxygen atoms in total. The van der Waals surface area contributed by atoms with Crippen LogP contribution in [0, 0.1) is 0 Å². The Balaban J connectivity index is 1.01. The van der Waals surface area contributed by atoms with E-state index in [-0.39, 0.29) is 0 Å². The van der Waals surface area contributed by atoms with Crippen molar-refractivity contribution in [2.24, 2.45) is 0 Å². The molecule has 1 heterocycles. The molecule has 0 aliphatic heterocycles. The van der Waals surface area contributed by atoms with Crippen LogP contribution in [0.5, 0.6) is 0 Å². The Morgan fingerprint density at radius 2 is 0.592 bits per heavy atom. The topological polar surface area (TPSA) is 8.17 Å². The van der Waals surface area contributed by atoms with Gasteiger partial charge in [0.05, 0.1) is 16.7 Å².